The zero-order valence-electron chi connectivity index (χ0n) is 18.8. The van der Waals surface area contributed by atoms with Gasteiger partial charge >= 0.3 is 21.7 Å². The van der Waals surface area contributed by atoms with Crippen molar-refractivity contribution in [3.05, 3.63) is 49.4 Å². The van der Waals surface area contributed by atoms with Crippen molar-refractivity contribution in [1.29, 1.82) is 0 Å². The third-order valence-corrected chi connectivity index (χ3v) is 1.87. The minimum absolute atomic E-state index is 0. The van der Waals surface area contributed by atoms with Gasteiger partial charge in [0.1, 0.15) is 0 Å². The van der Waals surface area contributed by atoms with Gasteiger partial charge in [-0.3, -0.25) is 0 Å². The molecule has 184 valence electrons. The fourth-order valence-corrected chi connectivity index (χ4v) is 0.800. The SMILES string of the molecule is CCOC=CC(=O)[O-].CCOC=CC(=O)[O-].CCOC=CC(=O)[O-].CCOC=CC(=O)[O-].[Ti+4]. The number of carboxylic acid groups (broad SMARTS) is 4. The van der Waals surface area contributed by atoms with E-state index in [0.717, 1.165) is 49.4 Å². The second-order valence-electron chi connectivity index (χ2n) is 4.31. The maximum atomic E-state index is 9.60. The third kappa shape index (κ3) is 73.3. The molecular formula is C20H28O12Ti. The van der Waals surface area contributed by atoms with Crippen LogP contribution in [0.25, 0.3) is 0 Å². The van der Waals surface area contributed by atoms with Gasteiger partial charge < -0.3 is 58.6 Å². The van der Waals surface area contributed by atoms with Gasteiger partial charge in [0.05, 0.1) is 75.4 Å². The third-order valence-electron chi connectivity index (χ3n) is 1.87. The van der Waals surface area contributed by atoms with Crippen LogP contribution in [0.1, 0.15) is 27.7 Å². The van der Waals surface area contributed by atoms with E-state index in [2.05, 4.69) is 18.9 Å². The van der Waals surface area contributed by atoms with Crippen LogP contribution >= 0.6 is 0 Å². The Morgan fingerprint density at radius 2 is 0.636 bits per heavy atom. The van der Waals surface area contributed by atoms with Crippen molar-refractivity contribution in [2.24, 2.45) is 0 Å². The van der Waals surface area contributed by atoms with Crippen molar-refractivity contribution in [2.45, 2.75) is 27.7 Å². The summed E-state index contributed by atoms with van der Waals surface area (Å²) in [4.78, 5) is 38.4. The van der Waals surface area contributed by atoms with Crippen molar-refractivity contribution in [1.82, 2.24) is 0 Å². The van der Waals surface area contributed by atoms with Gasteiger partial charge in [0.2, 0.25) is 0 Å². The maximum absolute atomic E-state index is 9.60. The first-order valence-corrected chi connectivity index (χ1v) is 9.05. The second-order valence-corrected chi connectivity index (χ2v) is 4.31. The first-order valence-electron chi connectivity index (χ1n) is 9.05. The van der Waals surface area contributed by atoms with Crippen LogP contribution in [-0.2, 0) is 59.8 Å². The summed E-state index contributed by atoms with van der Waals surface area (Å²) < 4.78 is 18.2. The normalized spacial score (nSPS) is 9.33. The summed E-state index contributed by atoms with van der Waals surface area (Å²) in [5, 5.41) is 38.4. The topological polar surface area (TPSA) is 197 Å². The van der Waals surface area contributed by atoms with Gasteiger partial charge in [0, 0.05) is 0 Å². The van der Waals surface area contributed by atoms with Crippen LogP contribution in [0.15, 0.2) is 49.4 Å². The molecule has 0 radical (unpaired) electrons. The van der Waals surface area contributed by atoms with Crippen molar-refractivity contribution < 1.29 is 80.3 Å². The van der Waals surface area contributed by atoms with Crippen molar-refractivity contribution in [3.8, 4) is 0 Å². The van der Waals surface area contributed by atoms with Crippen LogP contribution in [-0.4, -0.2) is 50.3 Å². The largest absolute Gasteiger partial charge is 4.00 e. The van der Waals surface area contributed by atoms with E-state index in [9.17, 15) is 39.6 Å². The van der Waals surface area contributed by atoms with E-state index in [4.69, 9.17) is 0 Å². The predicted molar refractivity (Wildman–Crippen MR) is 103 cm³/mol. The Balaban J connectivity index is -0.000000105. The maximum Gasteiger partial charge on any atom is 4.00 e. The number of hydrogen-bond donors (Lipinski definition) is 0. The molecule has 0 aliphatic carbocycles. The predicted octanol–water partition coefficient (Wildman–Crippen LogP) is -2.86. The van der Waals surface area contributed by atoms with Crippen LogP contribution in [0.4, 0.5) is 0 Å². The zero-order chi connectivity index (χ0) is 25.6. The number of rotatable bonds is 12. The fourth-order valence-electron chi connectivity index (χ4n) is 0.800. The van der Waals surface area contributed by atoms with Gasteiger partial charge in [-0.25, -0.2) is 0 Å². The molecule has 0 bridgehead atoms. The van der Waals surface area contributed by atoms with Crippen molar-refractivity contribution >= 4 is 23.9 Å². The monoisotopic (exact) mass is 508 g/mol. The van der Waals surface area contributed by atoms with Gasteiger partial charge in [0.25, 0.3) is 0 Å². The minimum atomic E-state index is -1.24. The summed E-state index contributed by atoms with van der Waals surface area (Å²) in [5.41, 5.74) is 0. The van der Waals surface area contributed by atoms with Gasteiger partial charge in [-0.05, 0) is 52.0 Å². The van der Waals surface area contributed by atoms with Gasteiger partial charge in [-0.2, -0.15) is 0 Å². The molecule has 33 heavy (non-hydrogen) atoms. The molecule has 0 atom stereocenters. The Bertz CT molecular complexity index is 494. The first kappa shape index (κ1) is 40.1. The van der Waals surface area contributed by atoms with Crippen LogP contribution in [0.3, 0.4) is 0 Å². The van der Waals surface area contributed by atoms with Gasteiger partial charge in [-0.15, -0.1) is 0 Å². The Morgan fingerprint density at radius 3 is 0.727 bits per heavy atom. The molecule has 0 aromatic rings. The number of carbonyl (C=O) groups is 4. The summed E-state index contributed by atoms with van der Waals surface area (Å²) in [6.45, 7) is 8.96. The molecule has 0 spiro atoms. The Morgan fingerprint density at radius 1 is 0.485 bits per heavy atom. The summed E-state index contributed by atoms with van der Waals surface area (Å²) in [6, 6.07) is 0. The van der Waals surface area contributed by atoms with E-state index in [0.29, 0.717) is 26.4 Å². The number of hydrogen-bond acceptors (Lipinski definition) is 12. The van der Waals surface area contributed by atoms with E-state index in [1.165, 1.54) is 0 Å². The second kappa shape index (κ2) is 36.1. The number of carbonyl (C=O) groups excluding carboxylic acids is 4. The Kier molecular flexibility index (Phi) is 44.0. The molecule has 13 heteroatoms. The van der Waals surface area contributed by atoms with Crippen LogP contribution in [0, 0.1) is 0 Å². The van der Waals surface area contributed by atoms with E-state index in [1.807, 2.05) is 0 Å². The summed E-state index contributed by atoms with van der Waals surface area (Å²) >= 11 is 0. The molecule has 0 saturated heterocycles. The minimum Gasteiger partial charge on any atom is -0.545 e. The molecule has 12 nitrogen and oxygen atoms in total. The van der Waals surface area contributed by atoms with Gasteiger partial charge in [-0.1, -0.05) is 0 Å². The molecule has 0 aliphatic rings. The molecule has 0 saturated carbocycles. The molecule has 0 heterocycles. The molecule has 0 unspecified atom stereocenters. The van der Waals surface area contributed by atoms with Gasteiger partial charge in [0.15, 0.2) is 0 Å². The Hall–Kier alpha value is -3.25. The van der Waals surface area contributed by atoms with Crippen LogP contribution in [0.5, 0.6) is 0 Å². The average Bonchev–Trinajstić information content (AvgIpc) is 2.69. The van der Waals surface area contributed by atoms with E-state index in [1.54, 1.807) is 27.7 Å². The standard InChI is InChI=1S/4C5H8O3.Ti/c4*1-2-8-4-3-5(6)7;/h4*3-4H,2H2,1H3,(H,6,7);/q;;;;+4/p-4. The zero-order valence-corrected chi connectivity index (χ0v) is 20.4. The summed E-state index contributed by atoms with van der Waals surface area (Å²) in [7, 11) is 0. The Labute approximate surface area is 207 Å². The average molecular weight is 508 g/mol. The quantitative estimate of drug-likeness (QED) is 0.149. The molecule has 0 aliphatic heterocycles. The molecule has 0 rings (SSSR count). The van der Waals surface area contributed by atoms with E-state index < -0.39 is 23.9 Å². The summed E-state index contributed by atoms with van der Waals surface area (Å²) in [5.74, 6) is -4.95. The first-order chi connectivity index (χ1) is 15.1. The van der Waals surface area contributed by atoms with Crippen LogP contribution in [0.2, 0.25) is 0 Å². The van der Waals surface area contributed by atoms with E-state index >= 15 is 0 Å². The molecule has 0 fully saturated rings. The van der Waals surface area contributed by atoms with Crippen LogP contribution < -0.4 is 20.4 Å². The smallest absolute Gasteiger partial charge is 0.545 e. The molecular weight excluding hydrogens is 480 g/mol. The molecule has 0 N–H and O–H groups in total. The number of carboxylic acids is 4. The van der Waals surface area contributed by atoms with Crippen molar-refractivity contribution in [3.63, 3.8) is 0 Å². The molecule has 0 aromatic carbocycles. The fraction of sp³-hybridized carbons (Fsp3) is 0.400. The molecule has 0 aromatic heterocycles. The number of ether oxygens (including phenoxy) is 4. The molecule has 0 amide bonds. The van der Waals surface area contributed by atoms with E-state index in [-0.39, 0.29) is 21.7 Å². The van der Waals surface area contributed by atoms with Crippen molar-refractivity contribution in [2.75, 3.05) is 26.4 Å². The summed E-state index contributed by atoms with van der Waals surface area (Å²) in [6.07, 6.45) is 7.72. The number of aliphatic carboxylic acids is 4.